The van der Waals surface area contributed by atoms with Crippen LogP contribution in [0.1, 0.15) is 5.56 Å². The van der Waals surface area contributed by atoms with E-state index in [2.05, 4.69) is 5.32 Å². The van der Waals surface area contributed by atoms with Gasteiger partial charge in [0.15, 0.2) is 0 Å². The molecule has 1 aromatic heterocycles. The van der Waals surface area contributed by atoms with Crippen molar-refractivity contribution < 1.29 is 19.2 Å². The van der Waals surface area contributed by atoms with E-state index in [0.717, 1.165) is 27.6 Å². The van der Waals surface area contributed by atoms with E-state index >= 15 is 0 Å². The van der Waals surface area contributed by atoms with Crippen LogP contribution in [0.15, 0.2) is 65.7 Å². The topological polar surface area (TPSA) is 114 Å². The zero-order valence-corrected chi connectivity index (χ0v) is 17.1. The predicted octanol–water partition coefficient (Wildman–Crippen LogP) is 2.80. The van der Waals surface area contributed by atoms with E-state index in [4.69, 9.17) is 5.73 Å². The maximum Gasteiger partial charge on any atom is 0.294 e. The van der Waals surface area contributed by atoms with Crippen LogP contribution in [0.5, 0.6) is 0 Å². The molecule has 0 unspecified atom stereocenters. The molecule has 1 saturated heterocycles. The molecule has 1 aliphatic heterocycles. The first-order valence-corrected chi connectivity index (χ1v) is 10.2. The Morgan fingerprint density at radius 3 is 2.45 bits per heavy atom. The lowest BCUT2D eigenvalue weighted by molar-refractivity contribution is -0.127. The smallest absolute Gasteiger partial charge is 0.294 e. The average molecular weight is 434 g/mol. The van der Waals surface area contributed by atoms with Crippen LogP contribution >= 0.6 is 11.8 Å². The SMILES string of the molecule is NC(=O)Cn1cc(C=C2SC(=O)N(CC(=O)Nc3ccccc3)C2=O)c2ccccc21. The third-order valence-electron chi connectivity index (χ3n) is 4.67. The van der Waals surface area contributed by atoms with Crippen molar-refractivity contribution in [3.05, 3.63) is 71.3 Å². The minimum absolute atomic E-state index is 0.00448. The molecule has 0 spiro atoms. The number of aromatic nitrogens is 1. The molecule has 0 atom stereocenters. The molecule has 3 aromatic rings. The van der Waals surface area contributed by atoms with Gasteiger partial charge in [0.25, 0.3) is 11.1 Å². The van der Waals surface area contributed by atoms with E-state index in [1.807, 2.05) is 30.3 Å². The minimum Gasteiger partial charge on any atom is -0.368 e. The van der Waals surface area contributed by atoms with Gasteiger partial charge >= 0.3 is 0 Å². The quantitative estimate of drug-likeness (QED) is 0.579. The number of amides is 4. The Kier molecular flexibility index (Phi) is 5.59. The second-order valence-electron chi connectivity index (χ2n) is 6.88. The number of primary amides is 1. The van der Waals surface area contributed by atoms with E-state index in [1.165, 1.54) is 0 Å². The van der Waals surface area contributed by atoms with Gasteiger partial charge in [-0.2, -0.15) is 0 Å². The van der Waals surface area contributed by atoms with Crippen molar-refractivity contribution in [2.24, 2.45) is 5.73 Å². The number of thioether (sulfide) groups is 1. The fourth-order valence-corrected chi connectivity index (χ4v) is 4.16. The van der Waals surface area contributed by atoms with E-state index in [-0.39, 0.29) is 18.0 Å². The standard InChI is InChI=1S/C22H18N4O4S/c23-19(27)12-25-11-14(16-8-4-5-9-17(16)25)10-18-21(29)26(22(30)31-18)13-20(28)24-15-6-2-1-3-7-15/h1-11H,12-13H2,(H2,23,27)(H,24,28). The molecular formula is C22H18N4O4S. The van der Waals surface area contributed by atoms with Gasteiger partial charge in [0.2, 0.25) is 11.8 Å². The summed E-state index contributed by atoms with van der Waals surface area (Å²) in [6.07, 6.45) is 3.31. The highest BCUT2D eigenvalue weighted by molar-refractivity contribution is 8.18. The summed E-state index contributed by atoms with van der Waals surface area (Å²) in [5.74, 6) is -1.49. The maximum atomic E-state index is 12.8. The van der Waals surface area contributed by atoms with E-state index < -0.39 is 23.0 Å². The average Bonchev–Trinajstić information content (AvgIpc) is 3.21. The zero-order chi connectivity index (χ0) is 22.0. The van der Waals surface area contributed by atoms with Gasteiger partial charge in [-0.25, -0.2) is 0 Å². The number of anilines is 1. The first-order chi connectivity index (χ1) is 14.9. The Morgan fingerprint density at radius 1 is 1.00 bits per heavy atom. The Hall–Kier alpha value is -3.85. The number of fused-ring (bicyclic) bond motifs is 1. The molecule has 31 heavy (non-hydrogen) atoms. The number of carbonyl (C=O) groups excluding carboxylic acids is 4. The van der Waals surface area contributed by atoms with Crippen molar-refractivity contribution in [2.75, 3.05) is 11.9 Å². The number of rotatable bonds is 6. The second-order valence-corrected chi connectivity index (χ2v) is 7.87. The van der Waals surface area contributed by atoms with Gasteiger partial charge in [-0.1, -0.05) is 36.4 Å². The van der Waals surface area contributed by atoms with E-state index in [0.29, 0.717) is 11.3 Å². The summed E-state index contributed by atoms with van der Waals surface area (Å²) >= 11 is 0.774. The molecule has 9 heteroatoms. The normalized spacial score (nSPS) is 15.1. The molecule has 0 radical (unpaired) electrons. The third kappa shape index (κ3) is 4.36. The van der Waals surface area contributed by atoms with Gasteiger partial charge in [-0.15, -0.1) is 0 Å². The highest BCUT2D eigenvalue weighted by atomic mass is 32.2. The van der Waals surface area contributed by atoms with Crippen molar-refractivity contribution in [1.82, 2.24) is 9.47 Å². The number of hydrogen-bond acceptors (Lipinski definition) is 5. The monoisotopic (exact) mass is 434 g/mol. The van der Waals surface area contributed by atoms with Crippen LogP contribution in [-0.2, 0) is 20.9 Å². The molecule has 1 aliphatic rings. The van der Waals surface area contributed by atoms with Gasteiger partial charge in [0.05, 0.1) is 4.91 Å². The van der Waals surface area contributed by atoms with Crippen LogP contribution in [0, 0.1) is 0 Å². The number of imide groups is 1. The van der Waals surface area contributed by atoms with Gasteiger partial charge in [-0.3, -0.25) is 24.1 Å². The number of benzene rings is 2. The molecule has 4 rings (SSSR count). The Bertz CT molecular complexity index is 1230. The van der Waals surface area contributed by atoms with Crippen molar-refractivity contribution >= 4 is 57.4 Å². The lowest BCUT2D eigenvalue weighted by Gasteiger charge is -2.12. The molecule has 156 valence electrons. The highest BCUT2D eigenvalue weighted by Crippen LogP contribution is 2.34. The van der Waals surface area contributed by atoms with Crippen LogP contribution in [0.3, 0.4) is 0 Å². The summed E-state index contributed by atoms with van der Waals surface area (Å²) in [5, 5.41) is 2.96. The fourth-order valence-electron chi connectivity index (χ4n) is 3.33. The molecule has 1 fully saturated rings. The lowest BCUT2D eigenvalue weighted by Crippen LogP contribution is -2.36. The van der Waals surface area contributed by atoms with E-state index in [1.54, 1.807) is 41.1 Å². The molecule has 3 N–H and O–H groups in total. The highest BCUT2D eigenvalue weighted by Gasteiger charge is 2.36. The van der Waals surface area contributed by atoms with Crippen molar-refractivity contribution in [2.45, 2.75) is 6.54 Å². The summed E-state index contributed by atoms with van der Waals surface area (Å²) in [5.41, 5.74) is 7.37. The fraction of sp³-hybridized carbons (Fsp3) is 0.0909. The largest absolute Gasteiger partial charge is 0.368 e. The summed E-state index contributed by atoms with van der Waals surface area (Å²) < 4.78 is 1.70. The second kappa shape index (κ2) is 8.49. The minimum atomic E-state index is -0.537. The number of carbonyl (C=O) groups is 4. The first-order valence-electron chi connectivity index (χ1n) is 9.39. The van der Waals surface area contributed by atoms with E-state index in [9.17, 15) is 19.2 Å². The number of hydrogen-bond donors (Lipinski definition) is 2. The predicted molar refractivity (Wildman–Crippen MR) is 119 cm³/mol. The molecule has 0 aliphatic carbocycles. The number of nitrogens with zero attached hydrogens (tertiary/aromatic N) is 2. The third-order valence-corrected chi connectivity index (χ3v) is 5.57. The molecule has 2 aromatic carbocycles. The first kappa shape index (κ1) is 20.4. The Morgan fingerprint density at radius 2 is 1.71 bits per heavy atom. The zero-order valence-electron chi connectivity index (χ0n) is 16.3. The molecular weight excluding hydrogens is 416 g/mol. The molecule has 2 heterocycles. The van der Waals surface area contributed by atoms with Crippen LogP contribution in [0.2, 0.25) is 0 Å². The van der Waals surface area contributed by atoms with Gasteiger partial charge < -0.3 is 15.6 Å². The van der Waals surface area contributed by atoms with Crippen molar-refractivity contribution in [3.63, 3.8) is 0 Å². The molecule has 8 nitrogen and oxygen atoms in total. The Labute approximate surface area is 181 Å². The summed E-state index contributed by atoms with van der Waals surface area (Å²) in [7, 11) is 0. The van der Waals surface area contributed by atoms with Gasteiger partial charge in [0.1, 0.15) is 13.1 Å². The summed E-state index contributed by atoms with van der Waals surface area (Å²) in [6, 6.07) is 16.2. The summed E-state index contributed by atoms with van der Waals surface area (Å²) in [6.45, 7) is -0.379. The Balaban J connectivity index is 1.56. The van der Waals surface area contributed by atoms with Crippen LogP contribution in [0.4, 0.5) is 10.5 Å². The van der Waals surface area contributed by atoms with Gasteiger partial charge in [0, 0.05) is 28.4 Å². The summed E-state index contributed by atoms with van der Waals surface area (Å²) in [4.78, 5) is 49.9. The van der Waals surface area contributed by atoms with Crippen molar-refractivity contribution in [3.8, 4) is 0 Å². The lowest BCUT2D eigenvalue weighted by atomic mass is 10.1. The van der Waals surface area contributed by atoms with Crippen molar-refractivity contribution in [1.29, 1.82) is 0 Å². The molecule has 0 saturated carbocycles. The van der Waals surface area contributed by atoms with Crippen LogP contribution < -0.4 is 11.1 Å². The molecule has 4 amide bonds. The number of para-hydroxylation sites is 2. The van der Waals surface area contributed by atoms with Crippen LogP contribution in [-0.4, -0.2) is 39.0 Å². The molecule has 0 bridgehead atoms. The number of nitrogens with one attached hydrogen (secondary N) is 1. The maximum absolute atomic E-state index is 12.8. The van der Waals surface area contributed by atoms with Gasteiger partial charge in [-0.05, 0) is 36.0 Å². The van der Waals surface area contributed by atoms with Crippen LogP contribution in [0.25, 0.3) is 17.0 Å². The number of nitrogens with two attached hydrogens (primary N) is 1.